The van der Waals surface area contributed by atoms with Gasteiger partial charge in [-0.1, -0.05) is 6.07 Å². The van der Waals surface area contributed by atoms with Gasteiger partial charge in [-0.2, -0.15) is 22.0 Å². The third-order valence-electron chi connectivity index (χ3n) is 6.32. The first-order valence-electron chi connectivity index (χ1n) is 11.8. The van der Waals surface area contributed by atoms with Gasteiger partial charge in [0.2, 0.25) is 5.91 Å². The number of carbonyl (C=O) groups excluding carboxylic acids is 2. The van der Waals surface area contributed by atoms with E-state index in [-0.39, 0.29) is 28.4 Å². The Morgan fingerprint density at radius 2 is 1.71 bits per heavy atom. The van der Waals surface area contributed by atoms with Gasteiger partial charge in [-0.25, -0.2) is 18.8 Å². The van der Waals surface area contributed by atoms with Crippen LogP contribution in [0.1, 0.15) is 33.1 Å². The molecule has 1 fully saturated rings. The Morgan fingerprint density at radius 1 is 1.07 bits per heavy atom. The molecule has 2 amide bonds. The molecule has 0 saturated carbocycles. The molecular weight excluding hydrogens is 563 g/mol. The number of hydrogen-bond acceptors (Lipinski definition) is 5. The molecule has 2 aromatic carbocycles. The molecule has 0 radical (unpaired) electrons. The molecule has 3 aromatic rings. The van der Waals surface area contributed by atoms with Gasteiger partial charge in [0.1, 0.15) is 34.6 Å². The van der Waals surface area contributed by atoms with Gasteiger partial charge in [0.25, 0.3) is 5.91 Å². The van der Waals surface area contributed by atoms with Crippen molar-refractivity contribution < 1.29 is 49.8 Å². The number of aliphatic imine (C=N–C) groups is 1. The number of rotatable bonds is 7. The van der Waals surface area contributed by atoms with E-state index in [0.29, 0.717) is 0 Å². The second-order valence-electron chi connectivity index (χ2n) is 8.91. The van der Waals surface area contributed by atoms with Gasteiger partial charge < -0.3 is 9.47 Å². The molecule has 1 aromatic heterocycles. The van der Waals surface area contributed by atoms with Crippen molar-refractivity contribution in [3.05, 3.63) is 82.5 Å². The van der Waals surface area contributed by atoms with Crippen LogP contribution in [0.5, 0.6) is 11.5 Å². The van der Waals surface area contributed by atoms with Crippen LogP contribution in [0.15, 0.2) is 53.5 Å². The maximum absolute atomic E-state index is 15.1. The van der Waals surface area contributed by atoms with Crippen molar-refractivity contribution in [2.75, 3.05) is 18.6 Å². The second-order valence-corrected chi connectivity index (χ2v) is 8.91. The number of amides is 2. The minimum Gasteiger partial charge on any atom is -0.497 e. The van der Waals surface area contributed by atoms with Gasteiger partial charge in [-0.05, 0) is 42.8 Å². The minimum absolute atomic E-state index is 0.0843. The van der Waals surface area contributed by atoms with E-state index in [4.69, 9.17) is 4.74 Å². The number of benzene rings is 2. The third-order valence-corrected chi connectivity index (χ3v) is 6.32. The van der Waals surface area contributed by atoms with Crippen LogP contribution >= 0.6 is 0 Å². The fraction of sp³-hybridized carbons (Fsp3) is 0.259. The van der Waals surface area contributed by atoms with Crippen molar-refractivity contribution in [1.29, 1.82) is 0 Å². The molecule has 1 saturated heterocycles. The molecule has 2 heterocycles. The SMILES string of the molecule is COc1cc(F)c([C@@H]2CN(c3nc(C(F)(F)F)ccc3C)C(=O)C2C=NC(=O)c2ccc(OC(F)F)cc2)c(F)c1. The van der Waals surface area contributed by atoms with E-state index >= 15 is 8.78 Å². The van der Waals surface area contributed by atoms with E-state index in [2.05, 4.69) is 14.7 Å². The van der Waals surface area contributed by atoms with E-state index in [1.807, 2.05) is 0 Å². The highest BCUT2D eigenvalue weighted by molar-refractivity contribution is 6.09. The number of aryl methyl sites for hydroxylation is 1. The summed E-state index contributed by atoms with van der Waals surface area (Å²) in [6.45, 7) is -2.17. The van der Waals surface area contributed by atoms with Crippen LogP contribution in [-0.4, -0.2) is 43.3 Å². The highest BCUT2D eigenvalue weighted by atomic mass is 19.4. The molecule has 2 atom stereocenters. The summed E-state index contributed by atoms with van der Waals surface area (Å²) in [4.78, 5) is 34.3. The van der Waals surface area contributed by atoms with Crippen LogP contribution in [-0.2, 0) is 11.0 Å². The Morgan fingerprint density at radius 3 is 2.27 bits per heavy atom. The number of halogens is 7. The monoisotopic (exact) mass is 583 g/mol. The topological polar surface area (TPSA) is 81.1 Å². The van der Waals surface area contributed by atoms with E-state index < -0.39 is 65.9 Å². The molecule has 14 heteroatoms. The number of anilines is 1. The molecule has 0 aliphatic carbocycles. The van der Waals surface area contributed by atoms with E-state index in [9.17, 15) is 31.5 Å². The lowest BCUT2D eigenvalue weighted by atomic mass is 9.88. The number of hydrogen-bond donors (Lipinski definition) is 0. The molecule has 1 unspecified atom stereocenters. The van der Waals surface area contributed by atoms with Crippen molar-refractivity contribution in [3.8, 4) is 11.5 Å². The fourth-order valence-corrected chi connectivity index (χ4v) is 4.37. The van der Waals surface area contributed by atoms with Crippen LogP contribution in [0.4, 0.5) is 36.6 Å². The Kier molecular flexibility index (Phi) is 8.31. The first-order chi connectivity index (χ1) is 19.3. The quantitative estimate of drug-likeness (QED) is 0.254. The normalized spacial score (nSPS) is 17.5. The molecular formula is C27H20F7N3O4. The van der Waals surface area contributed by atoms with Crippen molar-refractivity contribution in [1.82, 2.24) is 4.98 Å². The minimum atomic E-state index is -4.83. The van der Waals surface area contributed by atoms with Gasteiger partial charge in [0.05, 0.1) is 13.0 Å². The van der Waals surface area contributed by atoms with Crippen LogP contribution in [0.3, 0.4) is 0 Å². The summed E-state index contributed by atoms with van der Waals surface area (Å²) in [5.74, 6) is -7.59. The molecule has 216 valence electrons. The van der Waals surface area contributed by atoms with Crippen molar-refractivity contribution >= 4 is 23.8 Å². The highest BCUT2D eigenvalue weighted by Gasteiger charge is 2.45. The summed E-state index contributed by atoms with van der Waals surface area (Å²) in [6.07, 6.45) is -3.98. The zero-order chi connectivity index (χ0) is 30.1. The highest BCUT2D eigenvalue weighted by Crippen LogP contribution is 2.40. The molecule has 0 spiro atoms. The zero-order valence-corrected chi connectivity index (χ0v) is 21.3. The van der Waals surface area contributed by atoms with E-state index in [1.165, 1.54) is 14.0 Å². The molecule has 0 bridgehead atoms. The van der Waals surface area contributed by atoms with Crippen molar-refractivity contribution in [3.63, 3.8) is 0 Å². The largest absolute Gasteiger partial charge is 0.497 e. The average Bonchev–Trinajstić information content (AvgIpc) is 3.21. The second kappa shape index (κ2) is 11.6. The van der Waals surface area contributed by atoms with E-state index in [1.54, 1.807) is 0 Å². The van der Waals surface area contributed by atoms with Crippen LogP contribution in [0.2, 0.25) is 0 Å². The van der Waals surface area contributed by atoms with Crippen molar-refractivity contribution in [2.45, 2.75) is 25.6 Å². The smallest absolute Gasteiger partial charge is 0.433 e. The van der Waals surface area contributed by atoms with Crippen LogP contribution < -0.4 is 14.4 Å². The summed E-state index contributed by atoms with van der Waals surface area (Å²) in [5.41, 5.74) is -1.75. The fourth-order valence-electron chi connectivity index (χ4n) is 4.37. The molecule has 1 aliphatic heterocycles. The lowest BCUT2D eigenvalue weighted by Crippen LogP contribution is -2.29. The number of methoxy groups -OCH3 is 1. The van der Waals surface area contributed by atoms with E-state index in [0.717, 1.165) is 59.6 Å². The predicted octanol–water partition coefficient (Wildman–Crippen LogP) is 5.95. The van der Waals surface area contributed by atoms with Crippen LogP contribution in [0, 0.1) is 24.5 Å². The number of nitrogens with zero attached hydrogens (tertiary/aromatic N) is 3. The number of aromatic nitrogens is 1. The number of pyridine rings is 1. The maximum Gasteiger partial charge on any atom is 0.433 e. The summed E-state index contributed by atoms with van der Waals surface area (Å²) in [7, 11) is 1.18. The predicted molar refractivity (Wildman–Crippen MR) is 131 cm³/mol. The summed E-state index contributed by atoms with van der Waals surface area (Å²) < 4.78 is 104. The van der Waals surface area contributed by atoms with Crippen molar-refractivity contribution in [2.24, 2.45) is 10.9 Å². The lowest BCUT2D eigenvalue weighted by Gasteiger charge is -2.20. The summed E-state index contributed by atoms with van der Waals surface area (Å²) in [5, 5.41) is 0. The van der Waals surface area contributed by atoms with Gasteiger partial charge in [0, 0.05) is 41.9 Å². The standard InChI is InChI=1S/C27H20F7N3O4/c1-13-3-8-21(27(32,33)34)36-23(13)37-12-18(22-19(28)9-16(40-2)10-20(22)29)17(25(37)39)11-35-24(38)14-4-6-15(7-5-14)41-26(30)31/h3-11,17-18,26H,12H2,1-2H3/t17?,18-/m1/s1. The van der Waals surface area contributed by atoms with Gasteiger partial charge in [-0.3, -0.25) is 14.5 Å². The Hall–Kier alpha value is -4.49. The maximum atomic E-state index is 15.1. The summed E-state index contributed by atoms with van der Waals surface area (Å²) >= 11 is 0. The third kappa shape index (κ3) is 6.31. The van der Waals surface area contributed by atoms with Gasteiger partial charge in [-0.15, -0.1) is 0 Å². The number of ether oxygens (including phenoxy) is 2. The average molecular weight is 583 g/mol. The Labute approximate surface area is 228 Å². The Bertz CT molecular complexity index is 1470. The Balaban J connectivity index is 1.73. The van der Waals surface area contributed by atoms with Gasteiger partial charge >= 0.3 is 12.8 Å². The molecule has 41 heavy (non-hydrogen) atoms. The summed E-state index contributed by atoms with van der Waals surface area (Å²) in [6, 6.07) is 8.04. The number of alkyl halides is 5. The molecule has 1 aliphatic rings. The first kappa shape index (κ1) is 29.5. The van der Waals surface area contributed by atoms with Crippen LogP contribution in [0.25, 0.3) is 0 Å². The zero-order valence-electron chi connectivity index (χ0n) is 21.3. The van der Waals surface area contributed by atoms with Gasteiger partial charge in [0.15, 0.2) is 0 Å². The molecule has 0 N–H and O–H groups in total. The molecule has 4 rings (SSSR count). The lowest BCUT2D eigenvalue weighted by molar-refractivity contribution is -0.141. The molecule has 7 nitrogen and oxygen atoms in total. The first-order valence-corrected chi connectivity index (χ1v) is 11.8. The number of carbonyl (C=O) groups is 2.